The summed E-state index contributed by atoms with van der Waals surface area (Å²) in [6.07, 6.45) is 7.28. The molecular formula is C16H29ClN2O2. The molecular weight excluding hydrogens is 288 g/mol. The van der Waals surface area contributed by atoms with Gasteiger partial charge in [-0.3, -0.25) is 4.79 Å². The van der Waals surface area contributed by atoms with E-state index in [0.29, 0.717) is 12.0 Å². The van der Waals surface area contributed by atoms with Crippen LogP contribution < -0.4 is 10.6 Å². The van der Waals surface area contributed by atoms with Gasteiger partial charge in [0.05, 0.1) is 6.10 Å². The maximum absolute atomic E-state index is 12.4. The molecule has 1 spiro atoms. The summed E-state index contributed by atoms with van der Waals surface area (Å²) < 4.78 is 0. The number of aliphatic hydroxyl groups is 1. The van der Waals surface area contributed by atoms with Crippen LogP contribution >= 0.6 is 12.4 Å². The normalized spacial score (nSPS) is 37.6. The quantitative estimate of drug-likeness (QED) is 0.745. The molecule has 5 heteroatoms. The molecule has 3 N–H and O–H groups in total. The number of nitrogens with one attached hydrogen (secondary N) is 2. The fourth-order valence-corrected chi connectivity index (χ4v) is 4.20. The molecule has 0 aromatic rings. The molecule has 3 atom stereocenters. The number of amides is 1. The van der Waals surface area contributed by atoms with Crippen LogP contribution in [0.15, 0.2) is 0 Å². The lowest BCUT2D eigenvalue weighted by Gasteiger charge is -2.38. The summed E-state index contributed by atoms with van der Waals surface area (Å²) in [6, 6.07) is 0. The van der Waals surface area contributed by atoms with Gasteiger partial charge >= 0.3 is 0 Å². The molecule has 0 bridgehead atoms. The van der Waals surface area contributed by atoms with E-state index in [0.717, 1.165) is 51.6 Å². The van der Waals surface area contributed by atoms with Gasteiger partial charge in [0.2, 0.25) is 5.91 Å². The van der Waals surface area contributed by atoms with Crippen LogP contribution in [0, 0.1) is 16.7 Å². The van der Waals surface area contributed by atoms with E-state index in [1.54, 1.807) is 0 Å². The molecule has 21 heavy (non-hydrogen) atoms. The van der Waals surface area contributed by atoms with E-state index in [1.165, 1.54) is 6.42 Å². The molecule has 3 unspecified atom stereocenters. The summed E-state index contributed by atoms with van der Waals surface area (Å²) in [5, 5.41) is 16.7. The molecule has 2 aliphatic carbocycles. The van der Waals surface area contributed by atoms with Crippen LogP contribution in [0.3, 0.4) is 0 Å². The second-order valence-corrected chi connectivity index (χ2v) is 7.50. The zero-order valence-electron chi connectivity index (χ0n) is 13.0. The van der Waals surface area contributed by atoms with Crippen molar-refractivity contribution in [2.75, 3.05) is 19.6 Å². The number of halogens is 1. The van der Waals surface area contributed by atoms with Crippen LogP contribution in [-0.4, -0.2) is 36.8 Å². The highest BCUT2D eigenvalue weighted by molar-refractivity contribution is 5.85. The molecule has 0 radical (unpaired) electrons. The van der Waals surface area contributed by atoms with Gasteiger partial charge in [0, 0.05) is 17.9 Å². The maximum Gasteiger partial charge on any atom is 0.223 e. The first-order chi connectivity index (χ1) is 9.56. The minimum atomic E-state index is -0.261. The lowest BCUT2D eigenvalue weighted by atomic mass is 9.73. The van der Waals surface area contributed by atoms with Crippen molar-refractivity contribution in [3.8, 4) is 0 Å². The third-order valence-corrected chi connectivity index (χ3v) is 6.05. The van der Waals surface area contributed by atoms with Gasteiger partial charge in [-0.1, -0.05) is 19.8 Å². The zero-order valence-corrected chi connectivity index (χ0v) is 13.8. The Morgan fingerprint density at radius 1 is 1.29 bits per heavy atom. The van der Waals surface area contributed by atoms with E-state index in [2.05, 4.69) is 17.6 Å². The highest BCUT2D eigenvalue weighted by Gasteiger charge is 2.57. The van der Waals surface area contributed by atoms with Crippen molar-refractivity contribution >= 4 is 18.3 Å². The number of carbonyl (C=O) groups is 1. The molecule has 4 nitrogen and oxygen atoms in total. The fraction of sp³-hybridized carbons (Fsp3) is 0.938. The Bertz CT molecular complexity index is 384. The van der Waals surface area contributed by atoms with Gasteiger partial charge in [-0.25, -0.2) is 0 Å². The summed E-state index contributed by atoms with van der Waals surface area (Å²) in [7, 11) is 0. The van der Waals surface area contributed by atoms with Crippen molar-refractivity contribution in [2.24, 2.45) is 16.7 Å². The zero-order chi connectivity index (χ0) is 14.2. The first-order valence-corrected chi connectivity index (χ1v) is 8.22. The monoisotopic (exact) mass is 316 g/mol. The fourth-order valence-electron chi connectivity index (χ4n) is 4.20. The SMILES string of the molecule is CC1(CNC(=O)C2CC23CCNCC3)CCCCC1O.Cl. The minimum Gasteiger partial charge on any atom is -0.392 e. The van der Waals surface area contributed by atoms with Gasteiger partial charge in [0.25, 0.3) is 0 Å². The smallest absolute Gasteiger partial charge is 0.223 e. The average Bonchev–Trinajstić information content (AvgIpc) is 3.14. The van der Waals surface area contributed by atoms with Crippen molar-refractivity contribution < 1.29 is 9.90 Å². The van der Waals surface area contributed by atoms with Crippen LogP contribution in [0.5, 0.6) is 0 Å². The summed E-state index contributed by atoms with van der Waals surface area (Å²) in [5.74, 6) is 0.458. The van der Waals surface area contributed by atoms with Gasteiger partial charge in [-0.2, -0.15) is 0 Å². The van der Waals surface area contributed by atoms with Gasteiger partial charge < -0.3 is 15.7 Å². The first-order valence-electron chi connectivity index (χ1n) is 8.22. The van der Waals surface area contributed by atoms with Gasteiger partial charge in [0.15, 0.2) is 0 Å². The molecule has 3 fully saturated rings. The molecule has 0 aromatic heterocycles. The number of rotatable bonds is 3. The second-order valence-electron chi connectivity index (χ2n) is 7.50. The molecule has 1 amide bonds. The number of hydrogen-bond acceptors (Lipinski definition) is 3. The summed E-state index contributed by atoms with van der Waals surface area (Å²) in [6.45, 7) is 4.86. The van der Waals surface area contributed by atoms with Crippen LogP contribution in [0.4, 0.5) is 0 Å². The third-order valence-electron chi connectivity index (χ3n) is 6.05. The van der Waals surface area contributed by atoms with Crippen LogP contribution in [-0.2, 0) is 4.79 Å². The second kappa shape index (κ2) is 6.43. The Labute approximate surface area is 133 Å². The van der Waals surface area contributed by atoms with Crippen LogP contribution in [0.1, 0.15) is 51.9 Å². The van der Waals surface area contributed by atoms with E-state index in [-0.39, 0.29) is 35.8 Å². The topological polar surface area (TPSA) is 61.4 Å². The van der Waals surface area contributed by atoms with Crippen molar-refractivity contribution in [3.63, 3.8) is 0 Å². The molecule has 0 aromatic carbocycles. The van der Waals surface area contributed by atoms with E-state index in [4.69, 9.17) is 0 Å². The molecule has 1 heterocycles. The molecule has 1 saturated heterocycles. The van der Waals surface area contributed by atoms with Gasteiger partial charge in [-0.05, 0) is 50.6 Å². The predicted molar refractivity (Wildman–Crippen MR) is 85.5 cm³/mol. The molecule has 3 aliphatic rings. The third kappa shape index (κ3) is 3.38. The van der Waals surface area contributed by atoms with Gasteiger partial charge in [0.1, 0.15) is 0 Å². The van der Waals surface area contributed by atoms with Crippen LogP contribution in [0.2, 0.25) is 0 Å². The van der Waals surface area contributed by atoms with E-state index in [1.807, 2.05) is 0 Å². The van der Waals surface area contributed by atoms with Crippen molar-refractivity contribution in [1.29, 1.82) is 0 Å². The molecule has 2 saturated carbocycles. The van der Waals surface area contributed by atoms with Crippen LogP contribution in [0.25, 0.3) is 0 Å². The predicted octanol–water partition coefficient (Wildman–Crippen LogP) is 1.86. The standard InChI is InChI=1S/C16H28N2O2.ClH/c1-15(5-3-2-4-13(15)19)11-18-14(20)12-10-16(12)6-8-17-9-7-16;/h12-13,17,19H,2-11H2,1H3,(H,18,20);1H. The molecule has 3 rings (SSSR count). The van der Waals surface area contributed by atoms with Crippen molar-refractivity contribution in [1.82, 2.24) is 10.6 Å². The van der Waals surface area contributed by atoms with E-state index >= 15 is 0 Å². The highest BCUT2D eigenvalue weighted by Crippen LogP contribution is 2.58. The van der Waals surface area contributed by atoms with Crippen molar-refractivity contribution in [2.45, 2.75) is 58.0 Å². The van der Waals surface area contributed by atoms with E-state index in [9.17, 15) is 9.90 Å². The summed E-state index contributed by atoms with van der Waals surface area (Å²) in [5.41, 5.74) is 0.186. The minimum absolute atomic E-state index is 0. The number of piperidine rings is 1. The number of hydrogen-bond donors (Lipinski definition) is 3. The Kier molecular flexibility index (Phi) is 5.22. The summed E-state index contributed by atoms with van der Waals surface area (Å²) >= 11 is 0. The number of aliphatic hydroxyl groups excluding tert-OH is 1. The Hall–Kier alpha value is -0.320. The van der Waals surface area contributed by atoms with Gasteiger partial charge in [-0.15, -0.1) is 12.4 Å². The lowest BCUT2D eigenvalue weighted by Crippen LogP contribution is -2.46. The summed E-state index contributed by atoms with van der Waals surface area (Å²) in [4.78, 5) is 12.4. The van der Waals surface area contributed by atoms with Crippen molar-refractivity contribution in [3.05, 3.63) is 0 Å². The maximum atomic E-state index is 12.4. The lowest BCUT2D eigenvalue weighted by molar-refractivity contribution is -0.124. The highest BCUT2D eigenvalue weighted by atomic mass is 35.5. The molecule has 122 valence electrons. The largest absolute Gasteiger partial charge is 0.392 e. The average molecular weight is 317 g/mol. The first kappa shape index (κ1) is 17.0. The molecule has 1 aliphatic heterocycles. The Balaban J connectivity index is 0.00000161. The van der Waals surface area contributed by atoms with E-state index < -0.39 is 0 Å². The number of carbonyl (C=O) groups excluding carboxylic acids is 1. The Morgan fingerprint density at radius 2 is 2.00 bits per heavy atom. The Morgan fingerprint density at radius 3 is 2.67 bits per heavy atom.